The normalized spacial score (nSPS) is 22.8. The van der Waals surface area contributed by atoms with Crippen LogP contribution in [-0.2, 0) is 35.5 Å². The molecule has 2 N–H and O–H groups in total. The lowest BCUT2D eigenvalue weighted by molar-refractivity contribution is -0.135. The molecule has 4 rings (SSSR count). The zero-order valence-corrected chi connectivity index (χ0v) is 20.9. The van der Waals surface area contributed by atoms with Crippen LogP contribution in [0.15, 0.2) is 29.2 Å². The molecule has 12 heteroatoms. The number of carbonyl (C=O) groups is 3. The van der Waals surface area contributed by atoms with Crippen molar-refractivity contribution in [3.63, 3.8) is 0 Å². The van der Waals surface area contributed by atoms with Gasteiger partial charge in [-0.2, -0.15) is 0 Å². The lowest BCUT2D eigenvalue weighted by Gasteiger charge is -2.29. The molecule has 0 aromatic heterocycles. The molecule has 11 nitrogen and oxygen atoms in total. The first kappa shape index (κ1) is 28.7. The molecule has 1 aromatic carbocycles. The van der Waals surface area contributed by atoms with E-state index in [1.54, 1.807) is 12.1 Å². The summed E-state index contributed by atoms with van der Waals surface area (Å²) in [5.41, 5.74) is 0.863. The Hall–Kier alpha value is -2.54. The molecule has 35 heavy (non-hydrogen) atoms. The van der Waals surface area contributed by atoms with E-state index in [-0.39, 0.29) is 18.4 Å². The third kappa shape index (κ3) is 8.27. The zero-order valence-electron chi connectivity index (χ0n) is 20.0. The van der Waals surface area contributed by atoms with E-state index < -0.39 is 9.84 Å². The highest BCUT2D eigenvalue weighted by Gasteiger charge is 2.50. The third-order valence-corrected chi connectivity index (χ3v) is 7.71. The molecule has 3 fully saturated rings. The lowest BCUT2D eigenvalue weighted by atomic mass is 9.85. The zero-order chi connectivity index (χ0) is 25.9. The first-order valence-corrected chi connectivity index (χ1v) is 13.3. The number of carboxylic acid groups (broad SMARTS) is 2. The second-order valence-electron chi connectivity index (χ2n) is 8.86. The summed E-state index contributed by atoms with van der Waals surface area (Å²) in [5, 5.41) is 13.8. The van der Waals surface area contributed by atoms with Crippen LogP contribution in [0.2, 0.25) is 0 Å². The molecule has 0 saturated carbocycles. The van der Waals surface area contributed by atoms with Crippen molar-refractivity contribution in [3.05, 3.63) is 29.8 Å². The summed E-state index contributed by atoms with van der Waals surface area (Å²) in [6, 6.07) is 7.11. The van der Waals surface area contributed by atoms with Gasteiger partial charge in [-0.15, -0.1) is 0 Å². The van der Waals surface area contributed by atoms with E-state index in [0.29, 0.717) is 10.8 Å². The van der Waals surface area contributed by atoms with Gasteiger partial charge in [-0.3, -0.25) is 24.2 Å². The molecule has 0 aliphatic carbocycles. The number of rotatable bonds is 6. The predicted molar refractivity (Wildman–Crippen MR) is 128 cm³/mol. The van der Waals surface area contributed by atoms with Gasteiger partial charge in [0.15, 0.2) is 9.84 Å². The molecule has 1 aromatic rings. The molecule has 196 valence electrons. The molecule has 3 saturated heterocycles. The van der Waals surface area contributed by atoms with E-state index in [0.717, 1.165) is 84.0 Å². The van der Waals surface area contributed by atoms with Gasteiger partial charge in [0.2, 0.25) is 5.91 Å². The minimum atomic E-state index is -3.17. The van der Waals surface area contributed by atoms with E-state index in [4.69, 9.17) is 24.5 Å². The number of ether oxygens (including phenoxy) is 1. The number of hydrogen-bond acceptors (Lipinski definition) is 8. The number of benzene rings is 1. The van der Waals surface area contributed by atoms with Crippen LogP contribution in [0.1, 0.15) is 18.4 Å². The molecular formula is C23H35N3O8S. The van der Waals surface area contributed by atoms with Gasteiger partial charge in [0.05, 0.1) is 23.5 Å². The summed E-state index contributed by atoms with van der Waals surface area (Å²) < 4.78 is 28.6. The van der Waals surface area contributed by atoms with Gasteiger partial charge in [-0.25, -0.2) is 8.42 Å². The predicted octanol–water partition coefficient (Wildman–Crippen LogP) is 0.248. The average Bonchev–Trinajstić information content (AvgIpc) is 3.37. The van der Waals surface area contributed by atoms with Crippen molar-refractivity contribution in [2.45, 2.75) is 24.3 Å². The maximum absolute atomic E-state index is 13.1. The van der Waals surface area contributed by atoms with Gasteiger partial charge in [-0.1, -0.05) is 12.1 Å². The van der Waals surface area contributed by atoms with Crippen molar-refractivity contribution in [1.82, 2.24) is 14.7 Å². The van der Waals surface area contributed by atoms with Gasteiger partial charge < -0.3 is 19.8 Å². The van der Waals surface area contributed by atoms with Crippen molar-refractivity contribution >= 4 is 28.7 Å². The Bertz CT molecular complexity index is 929. The van der Waals surface area contributed by atoms with Crippen LogP contribution >= 0.6 is 0 Å². The van der Waals surface area contributed by atoms with E-state index in [1.165, 1.54) is 6.26 Å². The van der Waals surface area contributed by atoms with Crippen LogP contribution in [0.5, 0.6) is 0 Å². The fraction of sp³-hybridized carbons (Fsp3) is 0.609. The Kier molecular flexibility index (Phi) is 11.1. The van der Waals surface area contributed by atoms with Crippen LogP contribution in [0, 0.1) is 5.41 Å². The lowest BCUT2D eigenvalue weighted by Crippen LogP contribution is -2.43. The summed E-state index contributed by atoms with van der Waals surface area (Å²) in [6.45, 7) is 8.07. The highest BCUT2D eigenvalue weighted by Crippen LogP contribution is 2.41. The summed E-state index contributed by atoms with van der Waals surface area (Å²) in [5.74, 6) is 0.320. The molecule has 3 heterocycles. The Morgan fingerprint density at radius 2 is 1.51 bits per heavy atom. The number of hydrogen-bond donors (Lipinski definition) is 2. The van der Waals surface area contributed by atoms with Gasteiger partial charge in [0, 0.05) is 52.1 Å². The van der Waals surface area contributed by atoms with Crippen LogP contribution in [0.4, 0.5) is 0 Å². The van der Waals surface area contributed by atoms with E-state index >= 15 is 0 Å². The topological polar surface area (TPSA) is 145 Å². The smallest absolute Gasteiger partial charge is 0.290 e. The monoisotopic (exact) mass is 513 g/mol. The largest absolute Gasteiger partial charge is 0.483 e. The van der Waals surface area contributed by atoms with Crippen molar-refractivity contribution in [3.8, 4) is 0 Å². The molecule has 1 amide bonds. The second kappa shape index (κ2) is 13.5. The van der Waals surface area contributed by atoms with E-state index in [2.05, 4.69) is 14.7 Å². The van der Waals surface area contributed by atoms with Crippen LogP contribution in [0.25, 0.3) is 0 Å². The summed E-state index contributed by atoms with van der Waals surface area (Å²) in [7, 11) is -3.17. The van der Waals surface area contributed by atoms with Gasteiger partial charge in [-0.05, 0) is 37.1 Å². The Morgan fingerprint density at radius 1 is 0.943 bits per heavy atom. The minimum Gasteiger partial charge on any atom is -0.483 e. The SMILES string of the molecule is CS(=O)(=O)c1ccc(CN2CCC3(CCN(CCN4CCOCC4)C3=O)C2)cc1.O=CO.O=CO. The number of likely N-dealkylation sites (tertiary alicyclic amines) is 2. The van der Waals surface area contributed by atoms with Crippen LogP contribution in [0.3, 0.4) is 0 Å². The standard InChI is InChI=1S/C21H31N3O4S.2CH2O2/c1-29(26,27)19-4-2-18(3-5-19)16-23-8-6-21(17-23)7-9-24(20(21)25)11-10-22-12-14-28-15-13-22;2*2-1-3/h2-5H,6-17H2,1H3;2*1H,(H,2,3). The fourth-order valence-corrected chi connectivity index (χ4v) is 5.40. The summed E-state index contributed by atoms with van der Waals surface area (Å²) >= 11 is 0. The molecular weight excluding hydrogens is 478 g/mol. The van der Waals surface area contributed by atoms with Gasteiger partial charge in [0.1, 0.15) is 0 Å². The van der Waals surface area contributed by atoms with E-state index in [1.807, 2.05) is 12.1 Å². The van der Waals surface area contributed by atoms with Crippen molar-refractivity contribution in [1.29, 1.82) is 0 Å². The highest BCUT2D eigenvalue weighted by atomic mass is 32.2. The number of sulfone groups is 1. The fourth-order valence-electron chi connectivity index (χ4n) is 4.77. The Balaban J connectivity index is 0.000000655. The van der Waals surface area contributed by atoms with Crippen molar-refractivity contribution in [2.75, 3.05) is 65.3 Å². The van der Waals surface area contributed by atoms with Crippen molar-refractivity contribution in [2.24, 2.45) is 5.41 Å². The molecule has 1 spiro atoms. The molecule has 3 aliphatic rings. The highest BCUT2D eigenvalue weighted by molar-refractivity contribution is 7.90. The molecule has 3 aliphatic heterocycles. The average molecular weight is 514 g/mol. The quantitative estimate of drug-likeness (QED) is 0.508. The van der Waals surface area contributed by atoms with E-state index in [9.17, 15) is 13.2 Å². The molecule has 0 radical (unpaired) electrons. The first-order chi connectivity index (χ1) is 16.7. The molecule has 0 bridgehead atoms. The third-order valence-electron chi connectivity index (χ3n) is 6.58. The maximum atomic E-state index is 13.1. The number of morpholine rings is 1. The van der Waals surface area contributed by atoms with Crippen molar-refractivity contribution < 1.29 is 37.8 Å². The number of nitrogens with zero attached hydrogens (tertiary/aromatic N) is 3. The number of amides is 1. The van der Waals surface area contributed by atoms with Crippen LogP contribution in [-0.4, -0.2) is 117 Å². The molecule has 1 unspecified atom stereocenters. The Labute approximate surface area is 206 Å². The van der Waals surface area contributed by atoms with Gasteiger partial charge >= 0.3 is 0 Å². The van der Waals surface area contributed by atoms with Crippen LogP contribution < -0.4 is 0 Å². The second-order valence-corrected chi connectivity index (χ2v) is 10.9. The van der Waals surface area contributed by atoms with Gasteiger partial charge in [0.25, 0.3) is 12.9 Å². The Morgan fingerprint density at radius 3 is 2.09 bits per heavy atom. The first-order valence-electron chi connectivity index (χ1n) is 11.5. The maximum Gasteiger partial charge on any atom is 0.290 e. The number of carbonyl (C=O) groups excluding carboxylic acids is 1. The molecule has 1 atom stereocenters. The summed E-state index contributed by atoms with van der Waals surface area (Å²) in [4.78, 5) is 37.0. The summed E-state index contributed by atoms with van der Waals surface area (Å²) in [6.07, 6.45) is 3.09. The minimum absolute atomic E-state index is 0.224.